The lowest BCUT2D eigenvalue weighted by Gasteiger charge is -2.40. The number of hydrogen-bond acceptors (Lipinski definition) is 4. The smallest absolute Gasteiger partial charge is 0.0728 e. The number of nitrogens with two attached hydrogens (primary N) is 1. The SMILES string of the molecule is [2H]C(CN)(c1ccc(C)cc1)C1(O)C([2H])([2H])C([2H])([2H])C([2H])([2H])C([2H])([2H])C1([2H])[2H].[2H]C([2H])([2H])N(C)CC([2H])(c1ccc(C)cc1)C1(O)C([2H])([2H])C([2H])([2H])C([2H])([2H])C([2H])([2H])C1([2H])[2H]. The van der Waals surface area contributed by atoms with Crippen LogP contribution in [0.3, 0.4) is 0 Å². The van der Waals surface area contributed by atoms with Crippen molar-refractivity contribution in [2.75, 3.05) is 27.1 Å². The van der Waals surface area contributed by atoms with Crippen LogP contribution in [-0.2, 0) is 0 Å². The summed E-state index contributed by atoms with van der Waals surface area (Å²) < 4.78 is 204. The highest BCUT2D eigenvalue weighted by Gasteiger charge is 2.39. The summed E-state index contributed by atoms with van der Waals surface area (Å²) in [6.45, 7) is -1.42. The molecule has 2 aromatic rings. The van der Waals surface area contributed by atoms with Crippen molar-refractivity contribution < 1.29 is 44.5 Å². The van der Waals surface area contributed by atoms with Crippen LogP contribution in [0.15, 0.2) is 48.5 Å². The molecule has 2 unspecified atom stereocenters. The van der Waals surface area contributed by atoms with Gasteiger partial charge in [-0.05, 0) is 64.5 Å². The van der Waals surface area contributed by atoms with Crippen LogP contribution in [0, 0.1) is 13.8 Å². The zero-order chi connectivity index (χ0) is 48.5. The van der Waals surface area contributed by atoms with Gasteiger partial charge in [0, 0.05) is 59.1 Å². The standard InChI is InChI=1S/C17H27NO.C15H23NO/c1-14-7-9-15(10-8-14)16(13-18(2)3)17(19)11-5-4-6-12-17;1-12-5-7-13(8-6-12)14(11-16)15(17)9-3-2-4-10-15/h7-10,16,19H,4-6,11-13H2,1-3H3;5-8,14,17H,2-4,9-11,16H2,1H3/i2D3,4D2,5D2,6D2,11D2,12D2,16D;2D2,3D2,4D2,9D2,10D2,14D. The summed E-state index contributed by atoms with van der Waals surface area (Å²) in [6, 6.07) is 10.9. The minimum Gasteiger partial charge on any atom is -0.389 e. The van der Waals surface area contributed by atoms with Crippen molar-refractivity contribution in [3.63, 3.8) is 0 Å². The van der Waals surface area contributed by atoms with Crippen molar-refractivity contribution >= 4 is 0 Å². The Balaban J connectivity index is 0.000000330. The third-order valence-electron chi connectivity index (χ3n) is 5.50. The highest BCUT2D eigenvalue weighted by atomic mass is 16.3. The molecule has 4 N–H and O–H groups in total. The molecule has 0 aliphatic heterocycles. The number of nitrogens with zero attached hydrogens (tertiary/aromatic N) is 1. The van der Waals surface area contributed by atoms with Gasteiger partial charge >= 0.3 is 0 Å². The van der Waals surface area contributed by atoms with Gasteiger partial charge in [-0.25, -0.2) is 0 Å². The molecule has 0 saturated heterocycles. The zero-order valence-corrected chi connectivity index (χ0v) is 20.5. The Morgan fingerprint density at radius 1 is 0.806 bits per heavy atom. The summed E-state index contributed by atoms with van der Waals surface area (Å²) in [5.41, 5.74) is -0.969. The fraction of sp³-hybridized carbons (Fsp3) is 0.625. The summed E-state index contributed by atoms with van der Waals surface area (Å²) in [7, 11) is 1.02. The normalized spacial score (nSPS) is 47.1. The summed E-state index contributed by atoms with van der Waals surface area (Å²) in [6.07, 6.45) is -37.8. The average Bonchev–Trinajstić information content (AvgIpc) is 3.12. The Morgan fingerprint density at radius 2 is 1.19 bits per heavy atom. The van der Waals surface area contributed by atoms with Gasteiger partial charge < -0.3 is 20.8 Å². The van der Waals surface area contributed by atoms with Crippen molar-refractivity contribution in [1.82, 2.24) is 4.90 Å². The largest absolute Gasteiger partial charge is 0.389 e. The topological polar surface area (TPSA) is 69.7 Å². The third-order valence-corrected chi connectivity index (χ3v) is 5.50. The van der Waals surface area contributed by atoms with E-state index in [1.165, 1.54) is 48.5 Å². The lowest BCUT2D eigenvalue weighted by Crippen LogP contribution is -2.42. The van der Waals surface area contributed by atoms with Crippen LogP contribution in [-0.4, -0.2) is 53.4 Å². The maximum Gasteiger partial charge on any atom is 0.0728 e. The lowest BCUT2D eigenvalue weighted by atomic mass is 9.72. The molecule has 0 radical (unpaired) electrons. The van der Waals surface area contributed by atoms with Crippen molar-refractivity contribution in [1.29, 1.82) is 0 Å². The van der Waals surface area contributed by atoms with Gasteiger partial charge in [0.25, 0.3) is 0 Å². The molecule has 2 fully saturated rings. The van der Waals surface area contributed by atoms with Crippen LogP contribution in [0.25, 0.3) is 0 Å². The first-order chi connectivity index (χ1) is 26.7. The average molecular weight is 520 g/mol. The number of rotatable bonds is 7. The van der Waals surface area contributed by atoms with Gasteiger partial charge in [0.1, 0.15) is 0 Å². The second-order valence-corrected chi connectivity index (χ2v) is 8.42. The molecule has 0 amide bonds. The van der Waals surface area contributed by atoms with Gasteiger partial charge in [0.05, 0.1) is 11.2 Å². The van der Waals surface area contributed by atoms with E-state index in [-0.39, 0.29) is 11.1 Å². The van der Waals surface area contributed by atoms with Gasteiger partial charge in [-0.15, -0.1) is 0 Å². The van der Waals surface area contributed by atoms with E-state index in [0.717, 1.165) is 12.6 Å². The Hall–Kier alpha value is -1.72. The zero-order valence-electron chi connectivity index (χ0n) is 45.5. The summed E-state index contributed by atoms with van der Waals surface area (Å²) in [5, 5.41) is 23.2. The maximum atomic E-state index is 11.8. The quantitative estimate of drug-likeness (QED) is 0.415. The molecule has 0 aromatic heterocycles. The fourth-order valence-electron chi connectivity index (χ4n) is 3.55. The van der Waals surface area contributed by atoms with Crippen molar-refractivity contribution in [2.45, 2.75) is 101 Å². The number of aryl methyl sites for hydroxylation is 2. The summed E-state index contributed by atoms with van der Waals surface area (Å²) in [5.74, 6) is -5.74. The predicted molar refractivity (Wildman–Crippen MR) is 152 cm³/mol. The van der Waals surface area contributed by atoms with Crippen LogP contribution in [0.5, 0.6) is 0 Å². The molecule has 2 aromatic carbocycles. The molecule has 2 aliphatic rings. The lowest BCUT2D eigenvalue weighted by molar-refractivity contribution is -0.0277. The van der Waals surface area contributed by atoms with Gasteiger partial charge in [-0.1, -0.05) is 97.9 Å². The molecule has 4 heteroatoms. The minimum atomic E-state index is -3.90. The van der Waals surface area contributed by atoms with Crippen LogP contribution in [0.2, 0.25) is 0 Å². The third kappa shape index (κ3) is 7.64. The first-order valence-corrected chi connectivity index (χ1v) is 11.2. The molecule has 4 nitrogen and oxygen atoms in total. The van der Waals surface area contributed by atoms with Crippen LogP contribution in [0.4, 0.5) is 0 Å². The molecule has 4 rings (SSSR count). The summed E-state index contributed by atoms with van der Waals surface area (Å²) >= 11 is 0. The van der Waals surface area contributed by atoms with E-state index >= 15 is 0 Å². The van der Waals surface area contributed by atoms with Crippen LogP contribution < -0.4 is 5.73 Å². The molecule has 0 bridgehead atoms. The Bertz CT molecular complexity index is 1870. The second kappa shape index (κ2) is 13.2. The minimum absolute atomic E-state index is 0.148. The molecule has 36 heavy (non-hydrogen) atoms. The molecular weight excluding hydrogens is 444 g/mol. The molecule has 2 atom stereocenters. The molecule has 2 aliphatic carbocycles. The van der Waals surface area contributed by atoms with Crippen molar-refractivity contribution in [2.24, 2.45) is 5.73 Å². The molecule has 200 valence electrons. The Labute approximate surface area is 255 Å². The monoisotopic (exact) mass is 520 g/mol. The molecule has 0 spiro atoms. The van der Waals surface area contributed by atoms with Crippen molar-refractivity contribution in [3.8, 4) is 0 Å². The van der Waals surface area contributed by atoms with Gasteiger partial charge in [-0.3, -0.25) is 0 Å². The first kappa shape index (κ1) is 10.1. The number of hydrogen-bond donors (Lipinski definition) is 3. The maximum absolute atomic E-state index is 11.8. The molecular formula is C32H50N2O2. The number of aliphatic hydroxyl groups is 2. The van der Waals surface area contributed by atoms with Gasteiger partial charge in [-0.2, -0.15) is 0 Å². The van der Waals surface area contributed by atoms with E-state index in [2.05, 4.69) is 0 Å². The van der Waals surface area contributed by atoms with Gasteiger partial charge in [0.2, 0.25) is 0 Å². The fourth-order valence-corrected chi connectivity index (χ4v) is 3.55. The highest BCUT2D eigenvalue weighted by Crippen LogP contribution is 2.41. The van der Waals surface area contributed by atoms with E-state index in [1.807, 2.05) is 0 Å². The highest BCUT2D eigenvalue weighted by molar-refractivity contribution is 5.28. The number of likely N-dealkylation sites (N-methyl/N-ethyl adjacent to an activating group) is 1. The van der Waals surface area contributed by atoms with E-state index in [9.17, 15) is 10.2 Å². The second-order valence-electron chi connectivity index (χ2n) is 8.42. The Kier molecular flexibility index (Phi) is 3.70. The van der Waals surface area contributed by atoms with Gasteiger partial charge in [0.15, 0.2) is 0 Å². The molecule has 0 heterocycles. The Morgan fingerprint density at radius 3 is 1.58 bits per heavy atom. The predicted octanol–water partition coefficient (Wildman–Crippen LogP) is 6.07. The van der Waals surface area contributed by atoms with E-state index in [4.69, 9.17) is 40.0 Å². The number of benzene rings is 2. The molecule has 2 saturated carbocycles. The van der Waals surface area contributed by atoms with E-state index < -0.39 is 107 Å². The van der Waals surface area contributed by atoms with Crippen LogP contribution in [0.1, 0.15) is 132 Å². The van der Waals surface area contributed by atoms with E-state index in [0.29, 0.717) is 10.5 Å². The van der Waals surface area contributed by atoms with Crippen LogP contribution >= 0.6 is 0 Å². The van der Waals surface area contributed by atoms with E-state index in [1.54, 1.807) is 13.8 Å². The van der Waals surface area contributed by atoms with Crippen molar-refractivity contribution in [3.05, 3.63) is 70.8 Å². The first-order valence-electron chi connectivity index (χ1n) is 23.7. The summed E-state index contributed by atoms with van der Waals surface area (Å²) in [4.78, 5) is 0.568.